The first-order valence-electron chi connectivity index (χ1n) is 28.8. The summed E-state index contributed by atoms with van der Waals surface area (Å²) >= 11 is 1.90. The normalized spacial score (nSPS) is 17.6. The average molecular weight is 1040 g/mol. The number of furan rings is 1. The Morgan fingerprint density at radius 2 is 1.12 bits per heavy atom. The minimum absolute atomic E-state index is 0.0223. The van der Waals surface area contributed by atoms with Crippen LogP contribution >= 0.6 is 11.3 Å². The molecule has 1 N–H and O–H groups in total. The molecule has 10 aromatic rings. The zero-order chi connectivity index (χ0) is 54.4. The number of hydrogen-bond donors (Lipinski definition) is 1. The van der Waals surface area contributed by atoms with Crippen LogP contribution < -0.4 is 26.0 Å². The molecule has 8 aromatic carbocycles. The zero-order valence-electron chi connectivity index (χ0n) is 48.4. The first-order chi connectivity index (χ1) is 36.9. The van der Waals surface area contributed by atoms with E-state index in [4.69, 9.17) is 4.42 Å². The summed E-state index contributed by atoms with van der Waals surface area (Å²) in [7, 11) is 0. The fourth-order valence-electron chi connectivity index (χ4n) is 14.3. The molecule has 6 heteroatoms. The van der Waals surface area contributed by atoms with Gasteiger partial charge in [0.25, 0.3) is 0 Å². The first-order valence-corrected chi connectivity index (χ1v) is 29.6. The van der Waals surface area contributed by atoms with Crippen molar-refractivity contribution in [1.29, 1.82) is 0 Å². The number of benzene rings is 8. The molecule has 0 amide bonds. The Hall–Kier alpha value is -6.76. The Balaban J connectivity index is 1.06. The molecule has 0 saturated heterocycles. The van der Waals surface area contributed by atoms with Crippen LogP contribution in [0, 0.1) is 0 Å². The van der Waals surface area contributed by atoms with E-state index in [1.165, 1.54) is 111 Å². The molecule has 2 aliphatic heterocycles. The zero-order valence-corrected chi connectivity index (χ0v) is 49.2. The molecule has 0 spiro atoms. The van der Waals surface area contributed by atoms with Crippen LogP contribution in [0.25, 0.3) is 53.2 Å². The van der Waals surface area contributed by atoms with Crippen LogP contribution in [0.1, 0.15) is 156 Å². The Kier molecular flexibility index (Phi) is 10.4. The second-order valence-electron chi connectivity index (χ2n) is 28.4. The molecule has 0 bridgehead atoms. The van der Waals surface area contributed by atoms with Gasteiger partial charge in [-0.2, -0.15) is 0 Å². The van der Waals surface area contributed by atoms with Gasteiger partial charge in [-0.15, -0.1) is 11.3 Å². The lowest BCUT2D eigenvalue weighted by atomic mass is 9.43. The van der Waals surface area contributed by atoms with Gasteiger partial charge in [-0.1, -0.05) is 158 Å². The fourth-order valence-corrected chi connectivity index (χ4v) is 15.4. The molecule has 0 fully saturated rings. The summed E-state index contributed by atoms with van der Waals surface area (Å²) < 4.78 is 9.88. The number of thiophene rings is 1. The molecule has 0 unspecified atom stereocenters. The number of fused-ring (bicyclic) bond motifs is 14. The first kappa shape index (κ1) is 49.5. The SMILES string of the molecule is CC(C)(C)c1ccc(N(c2ccc(C(C)(C)C)cc2)c2ccc3c(c2)-c2c4c(cc5sc6ccccc6c25)Nc2c(ccc5c2oc2cc6c(cc25)C(C)(C)CCC6(C)C)B4N3c2ccc3c(c2)C(C)(C)CCC3(C)C)cc1. The molecule has 14 rings (SSSR count). The van der Waals surface area contributed by atoms with Crippen molar-refractivity contribution in [3.05, 3.63) is 173 Å². The lowest BCUT2D eigenvalue weighted by Gasteiger charge is -2.45. The topological polar surface area (TPSA) is 31.6 Å². The van der Waals surface area contributed by atoms with E-state index in [0.29, 0.717) is 0 Å². The monoisotopic (exact) mass is 1040 g/mol. The Labute approximate surface area is 467 Å². The van der Waals surface area contributed by atoms with Gasteiger partial charge in [0.2, 0.25) is 0 Å². The van der Waals surface area contributed by atoms with Crippen molar-refractivity contribution in [3.8, 4) is 11.1 Å². The molecular weight excluding hydrogens is 966 g/mol. The molecule has 0 atom stereocenters. The van der Waals surface area contributed by atoms with Crippen molar-refractivity contribution in [2.75, 3.05) is 15.0 Å². The third-order valence-electron chi connectivity index (χ3n) is 19.3. The molecule has 2 aliphatic carbocycles. The van der Waals surface area contributed by atoms with E-state index in [9.17, 15) is 0 Å². The van der Waals surface area contributed by atoms with Crippen LogP contribution in [0.3, 0.4) is 0 Å². The van der Waals surface area contributed by atoms with Crippen molar-refractivity contribution < 1.29 is 4.42 Å². The highest BCUT2D eigenvalue weighted by molar-refractivity contribution is 7.26. The van der Waals surface area contributed by atoms with Gasteiger partial charge >= 0.3 is 6.85 Å². The van der Waals surface area contributed by atoms with E-state index >= 15 is 0 Å². The molecule has 0 saturated carbocycles. The maximum Gasteiger partial charge on any atom is 0.333 e. The lowest BCUT2D eigenvalue weighted by molar-refractivity contribution is 0.332. The van der Waals surface area contributed by atoms with Crippen molar-refractivity contribution in [1.82, 2.24) is 0 Å². The minimum Gasteiger partial charge on any atom is -0.454 e. The number of hydrogen-bond acceptors (Lipinski definition) is 5. The van der Waals surface area contributed by atoms with Gasteiger partial charge in [0.05, 0.1) is 5.69 Å². The second-order valence-corrected chi connectivity index (χ2v) is 29.5. The van der Waals surface area contributed by atoms with Gasteiger partial charge in [0.1, 0.15) is 5.58 Å². The summed E-state index contributed by atoms with van der Waals surface area (Å²) in [4.78, 5) is 5.19. The van der Waals surface area contributed by atoms with Crippen LogP contribution in [0.15, 0.2) is 144 Å². The van der Waals surface area contributed by atoms with Crippen molar-refractivity contribution in [3.63, 3.8) is 0 Å². The molecule has 2 aromatic heterocycles. The predicted molar refractivity (Wildman–Crippen MR) is 338 cm³/mol. The number of nitrogens with zero attached hydrogens (tertiary/aromatic N) is 2. The van der Waals surface area contributed by atoms with Crippen molar-refractivity contribution in [2.45, 2.75) is 155 Å². The van der Waals surface area contributed by atoms with Crippen LogP contribution in [0.4, 0.5) is 39.8 Å². The molecule has 4 nitrogen and oxygen atoms in total. The molecule has 78 heavy (non-hydrogen) atoms. The fraction of sp³-hybridized carbons (Fsp3) is 0.333. The van der Waals surface area contributed by atoms with E-state index in [-0.39, 0.29) is 39.3 Å². The second kappa shape index (κ2) is 16.4. The molecule has 392 valence electrons. The van der Waals surface area contributed by atoms with Crippen molar-refractivity contribution >= 4 is 111 Å². The van der Waals surface area contributed by atoms with Crippen LogP contribution in [0.5, 0.6) is 0 Å². The van der Waals surface area contributed by atoms with E-state index in [1.807, 2.05) is 11.3 Å². The van der Waals surface area contributed by atoms with Gasteiger partial charge in [0, 0.05) is 70.6 Å². The van der Waals surface area contributed by atoms with Gasteiger partial charge in [-0.05, 0) is 187 Å². The quantitative estimate of drug-likeness (QED) is 0.178. The third kappa shape index (κ3) is 7.37. The maximum atomic E-state index is 7.30. The average Bonchev–Trinajstić information content (AvgIpc) is 3.24. The Morgan fingerprint density at radius 3 is 1.74 bits per heavy atom. The Bertz CT molecular complexity index is 4100. The van der Waals surface area contributed by atoms with Gasteiger partial charge in [-0.3, -0.25) is 0 Å². The highest BCUT2D eigenvalue weighted by atomic mass is 32.1. The number of rotatable bonds is 4. The van der Waals surface area contributed by atoms with Crippen LogP contribution in [-0.2, 0) is 32.5 Å². The van der Waals surface area contributed by atoms with E-state index in [1.54, 1.807) is 0 Å². The smallest absolute Gasteiger partial charge is 0.333 e. The highest BCUT2D eigenvalue weighted by Gasteiger charge is 2.47. The Morgan fingerprint density at radius 1 is 0.538 bits per heavy atom. The van der Waals surface area contributed by atoms with E-state index in [0.717, 1.165) is 52.4 Å². The van der Waals surface area contributed by atoms with E-state index < -0.39 is 0 Å². The third-order valence-corrected chi connectivity index (χ3v) is 20.4. The largest absolute Gasteiger partial charge is 0.454 e. The highest BCUT2D eigenvalue weighted by Crippen LogP contribution is 2.55. The summed E-state index contributed by atoms with van der Waals surface area (Å²) in [6, 6.07) is 54.6. The standard InChI is InChI=1S/C72H74BN3OS/c1-67(2,3)42-19-23-44(24-20-42)75(45-25-21-43(22-26-45)68(4,5)6)46-28-32-58-51(37-46)63-62-49-17-15-16-18-60(49)78-61(62)41-57-64(63)73(76(58)47-27-30-52-53(38-47)70(9,10)34-33-69(52,7)8)56-31-29-48-50-39-54-55(72(13,14)36-35-71(54,11)12)40-59(50)77-66(48)65(56)74-57/h15-32,37-41,74H,33-36H2,1-14H3. The van der Waals surface area contributed by atoms with Crippen molar-refractivity contribution in [2.24, 2.45) is 0 Å². The van der Waals surface area contributed by atoms with Gasteiger partial charge in [0.15, 0.2) is 5.58 Å². The predicted octanol–water partition coefficient (Wildman–Crippen LogP) is 19.7. The van der Waals surface area contributed by atoms with E-state index in [2.05, 4.69) is 251 Å². The molecule has 4 heterocycles. The summed E-state index contributed by atoms with van der Waals surface area (Å²) in [5, 5.41) is 9.20. The molecule has 0 radical (unpaired) electrons. The summed E-state index contributed by atoms with van der Waals surface area (Å²) in [5.74, 6) is 0. The van der Waals surface area contributed by atoms with Gasteiger partial charge < -0.3 is 19.4 Å². The number of anilines is 7. The molecular formula is C72H74BN3OS. The minimum atomic E-state index is -0.167. The summed E-state index contributed by atoms with van der Waals surface area (Å²) in [6.45, 7) is 33.1. The summed E-state index contributed by atoms with van der Waals surface area (Å²) in [5.41, 5.74) is 23.8. The summed E-state index contributed by atoms with van der Waals surface area (Å²) in [6.07, 6.45) is 4.64. The lowest BCUT2D eigenvalue weighted by Crippen LogP contribution is -2.60. The van der Waals surface area contributed by atoms with Crippen LogP contribution in [-0.4, -0.2) is 6.85 Å². The number of nitrogens with one attached hydrogen (secondary N) is 1. The van der Waals surface area contributed by atoms with Gasteiger partial charge in [-0.25, -0.2) is 0 Å². The van der Waals surface area contributed by atoms with Crippen LogP contribution in [0.2, 0.25) is 0 Å². The molecule has 4 aliphatic rings. The maximum absolute atomic E-state index is 7.30.